The molecule has 0 aliphatic carbocycles. The van der Waals surface area contributed by atoms with Crippen LogP contribution in [0.2, 0.25) is 0 Å². The Morgan fingerprint density at radius 3 is 1.85 bits per heavy atom. The van der Waals surface area contributed by atoms with Crippen LogP contribution in [0.5, 0.6) is 0 Å². The number of esters is 1. The zero-order valence-corrected chi connectivity index (χ0v) is 16.9. The molecule has 27 heavy (non-hydrogen) atoms. The zero-order valence-electron chi connectivity index (χ0n) is 16.9. The summed E-state index contributed by atoms with van der Waals surface area (Å²) in [4.78, 5) is 15.4. The molecule has 0 aromatic heterocycles. The highest BCUT2D eigenvalue weighted by atomic mass is 16.5. The maximum Gasteiger partial charge on any atom is 0.338 e. The van der Waals surface area contributed by atoms with Crippen molar-refractivity contribution < 1.29 is 24.9 Å². The third-order valence-corrected chi connectivity index (χ3v) is 3.85. The topological polar surface area (TPSA) is 93.5 Å². The first-order chi connectivity index (χ1) is 13.0. The fourth-order valence-corrected chi connectivity index (χ4v) is 2.26. The van der Waals surface area contributed by atoms with Crippen LogP contribution in [0, 0.1) is 0 Å². The second-order valence-electron chi connectivity index (χ2n) is 6.30. The molecule has 3 N–H and O–H groups in total. The minimum Gasteiger partial charge on any atom is -0.462 e. The van der Waals surface area contributed by atoms with Gasteiger partial charge in [0.2, 0.25) is 0 Å². The highest BCUT2D eigenvalue weighted by Crippen LogP contribution is 2.13. The highest BCUT2D eigenvalue weighted by molar-refractivity contribution is 5.89. The van der Waals surface area contributed by atoms with Crippen LogP contribution in [0.1, 0.15) is 36.5 Å². The Labute approximate surface area is 163 Å². The van der Waals surface area contributed by atoms with Gasteiger partial charge in [-0.3, -0.25) is 4.90 Å². The number of hydrogen-bond donors (Lipinski definition) is 3. The van der Waals surface area contributed by atoms with Crippen molar-refractivity contribution in [1.82, 2.24) is 4.90 Å². The summed E-state index contributed by atoms with van der Waals surface area (Å²) in [7, 11) is 3.94. The molecule has 0 saturated heterocycles. The number of hydrogen-bond acceptors (Lipinski definition) is 7. The summed E-state index contributed by atoms with van der Waals surface area (Å²) in [5.41, 5.74) is 1.69. The molecule has 0 heterocycles. The van der Waals surface area contributed by atoms with Gasteiger partial charge in [0.1, 0.15) is 0 Å². The molecule has 7 nitrogen and oxygen atoms in total. The predicted octanol–water partition coefficient (Wildman–Crippen LogP) is 1.36. The predicted molar refractivity (Wildman–Crippen MR) is 108 cm³/mol. The van der Waals surface area contributed by atoms with E-state index in [4.69, 9.17) is 20.1 Å². The van der Waals surface area contributed by atoms with Crippen molar-refractivity contribution >= 4 is 11.7 Å². The molecule has 156 valence electrons. The van der Waals surface area contributed by atoms with E-state index in [0.717, 1.165) is 24.9 Å². The fourth-order valence-electron chi connectivity index (χ4n) is 2.26. The molecule has 0 bridgehead atoms. The summed E-state index contributed by atoms with van der Waals surface area (Å²) >= 11 is 0. The van der Waals surface area contributed by atoms with Gasteiger partial charge in [-0.1, -0.05) is 19.8 Å². The van der Waals surface area contributed by atoms with Gasteiger partial charge in [-0.05, 0) is 30.7 Å². The lowest BCUT2D eigenvalue weighted by atomic mass is 10.2. The van der Waals surface area contributed by atoms with E-state index >= 15 is 0 Å². The maximum atomic E-state index is 11.7. The Morgan fingerprint density at radius 2 is 1.44 bits per heavy atom. The summed E-state index contributed by atoms with van der Waals surface area (Å²) in [6.07, 6.45) is 3.18. The Hall–Kier alpha value is -1.67. The highest BCUT2D eigenvalue weighted by Gasteiger charge is 2.06. The SMILES string of the molecule is CCCCCOC(=O)c1ccc(N(C)C)cc1.OCCN(CCO)CCO. The third-order valence-electron chi connectivity index (χ3n) is 3.85. The van der Waals surface area contributed by atoms with E-state index < -0.39 is 0 Å². The van der Waals surface area contributed by atoms with Crippen LogP contribution in [-0.4, -0.2) is 86.3 Å². The number of nitrogens with zero attached hydrogens (tertiary/aromatic N) is 2. The van der Waals surface area contributed by atoms with Crippen molar-refractivity contribution in [2.45, 2.75) is 26.2 Å². The number of carbonyl (C=O) groups is 1. The quantitative estimate of drug-likeness (QED) is 0.370. The molecule has 0 radical (unpaired) electrons. The van der Waals surface area contributed by atoms with Crippen molar-refractivity contribution in [2.75, 3.05) is 65.1 Å². The van der Waals surface area contributed by atoms with Crippen molar-refractivity contribution in [3.8, 4) is 0 Å². The number of anilines is 1. The first-order valence-electron chi connectivity index (χ1n) is 9.49. The molecule has 1 rings (SSSR count). The lowest BCUT2D eigenvalue weighted by Crippen LogP contribution is -2.32. The summed E-state index contributed by atoms with van der Waals surface area (Å²) in [5.74, 6) is -0.230. The van der Waals surface area contributed by atoms with E-state index in [0.29, 0.717) is 31.8 Å². The lowest BCUT2D eigenvalue weighted by molar-refractivity contribution is 0.0498. The molecule has 0 atom stereocenters. The molecule has 1 aromatic carbocycles. The molecule has 0 aliphatic heterocycles. The lowest BCUT2D eigenvalue weighted by Gasteiger charge is -2.17. The Balaban J connectivity index is 0.000000580. The largest absolute Gasteiger partial charge is 0.462 e. The maximum absolute atomic E-state index is 11.7. The molecule has 0 saturated carbocycles. The van der Waals surface area contributed by atoms with Crippen molar-refractivity contribution in [3.63, 3.8) is 0 Å². The molecule has 0 unspecified atom stereocenters. The first-order valence-corrected chi connectivity index (χ1v) is 9.49. The van der Waals surface area contributed by atoms with Crippen LogP contribution >= 0.6 is 0 Å². The summed E-state index contributed by atoms with van der Waals surface area (Å²) in [5, 5.41) is 25.5. The van der Waals surface area contributed by atoms with E-state index in [2.05, 4.69) is 6.92 Å². The summed E-state index contributed by atoms with van der Waals surface area (Å²) in [6, 6.07) is 7.44. The Morgan fingerprint density at radius 1 is 0.926 bits per heavy atom. The number of benzene rings is 1. The number of unbranched alkanes of at least 4 members (excludes halogenated alkanes) is 2. The minimum absolute atomic E-state index is 0.0694. The molecule has 0 fully saturated rings. The van der Waals surface area contributed by atoms with Crippen LogP contribution in [0.25, 0.3) is 0 Å². The zero-order chi connectivity index (χ0) is 20.5. The van der Waals surface area contributed by atoms with E-state index in [-0.39, 0.29) is 25.8 Å². The van der Waals surface area contributed by atoms with Crippen molar-refractivity contribution in [1.29, 1.82) is 0 Å². The molecular formula is C20H36N2O5. The van der Waals surface area contributed by atoms with Gasteiger partial charge >= 0.3 is 5.97 Å². The molecule has 0 spiro atoms. The number of aliphatic hydroxyl groups is 3. The average molecular weight is 385 g/mol. The van der Waals surface area contributed by atoms with E-state index in [9.17, 15) is 4.79 Å². The monoisotopic (exact) mass is 384 g/mol. The summed E-state index contributed by atoms with van der Waals surface area (Å²) in [6.45, 7) is 4.40. The molecule has 1 aromatic rings. The van der Waals surface area contributed by atoms with Gasteiger partial charge in [0, 0.05) is 39.4 Å². The average Bonchev–Trinajstić information content (AvgIpc) is 2.66. The fraction of sp³-hybridized carbons (Fsp3) is 0.650. The van der Waals surface area contributed by atoms with E-state index in [1.54, 1.807) is 17.0 Å². The van der Waals surface area contributed by atoms with Crippen molar-refractivity contribution in [3.05, 3.63) is 29.8 Å². The first kappa shape index (κ1) is 25.3. The number of rotatable bonds is 12. The van der Waals surface area contributed by atoms with Gasteiger partial charge < -0.3 is 25.0 Å². The van der Waals surface area contributed by atoms with Gasteiger partial charge in [-0.15, -0.1) is 0 Å². The van der Waals surface area contributed by atoms with Gasteiger partial charge in [0.15, 0.2) is 0 Å². The van der Waals surface area contributed by atoms with Gasteiger partial charge in [-0.25, -0.2) is 4.79 Å². The number of carbonyl (C=O) groups excluding carboxylic acids is 1. The van der Waals surface area contributed by atoms with Crippen molar-refractivity contribution in [2.24, 2.45) is 0 Å². The molecule has 0 amide bonds. The van der Waals surface area contributed by atoms with Gasteiger partial charge in [0.25, 0.3) is 0 Å². The van der Waals surface area contributed by atoms with Crippen LogP contribution in [0.15, 0.2) is 24.3 Å². The number of aliphatic hydroxyl groups excluding tert-OH is 3. The van der Waals surface area contributed by atoms with Crippen LogP contribution in [0.4, 0.5) is 5.69 Å². The van der Waals surface area contributed by atoms with Crippen LogP contribution in [-0.2, 0) is 4.74 Å². The van der Waals surface area contributed by atoms with Crippen LogP contribution < -0.4 is 4.90 Å². The minimum atomic E-state index is -0.230. The van der Waals surface area contributed by atoms with E-state index in [1.807, 2.05) is 31.1 Å². The van der Waals surface area contributed by atoms with Gasteiger partial charge in [-0.2, -0.15) is 0 Å². The standard InChI is InChI=1S/C14H21NO2.C6H15NO3/c1-4-5-6-11-17-14(16)12-7-9-13(10-8-12)15(2)3;8-4-1-7(2-5-9)3-6-10/h7-10H,4-6,11H2,1-3H3;8-10H,1-6H2. The normalized spacial score (nSPS) is 10.3. The Kier molecular flexibility index (Phi) is 15.5. The van der Waals surface area contributed by atoms with Crippen LogP contribution in [0.3, 0.4) is 0 Å². The number of ether oxygens (including phenoxy) is 1. The molecular weight excluding hydrogens is 348 g/mol. The molecule has 0 aliphatic rings. The third kappa shape index (κ3) is 12.4. The summed E-state index contributed by atoms with van der Waals surface area (Å²) < 4.78 is 5.18. The Bertz CT molecular complexity index is 466. The second-order valence-corrected chi connectivity index (χ2v) is 6.30. The second kappa shape index (κ2) is 16.5. The van der Waals surface area contributed by atoms with E-state index in [1.165, 1.54) is 0 Å². The molecule has 7 heteroatoms. The smallest absolute Gasteiger partial charge is 0.338 e. The van der Waals surface area contributed by atoms with Gasteiger partial charge in [0.05, 0.1) is 32.0 Å².